The molecule has 0 unspecified atom stereocenters. The monoisotopic (exact) mass is 315 g/mol. The van der Waals surface area contributed by atoms with Gasteiger partial charge in [0.15, 0.2) is 11.6 Å². The third kappa shape index (κ3) is 7.75. The number of anilines is 1. The molecule has 0 aliphatic carbocycles. The van der Waals surface area contributed by atoms with E-state index in [-0.39, 0.29) is 11.6 Å². The van der Waals surface area contributed by atoms with E-state index in [1.165, 1.54) is 31.3 Å². The lowest BCUT2D eigenvalue weighted by Gasteiger charge is -2.22. The minimum absolute atomic E-state index is 0.0347. The molecule has 1 heterocycles. The van der Waals surface area contributed by atoms with Gasteiger partial charge in [0.1, 0.15) is 0 Å². The zero-order valence-electron chi connectivity index (χ0n) is 12.9. The third-order valence-electron chi connectivity index (χ3n) is 2.06. The molecule has 0 aliphatic heterocycles. The molecule has 1 aromatic heterocycles. The average Bonchev–Trinajstić information content (AvgIpc) is 2.49. The Morgan fingerprint density at radius 1 is 1.27 bits per heavy atom. The van der Waals surface area contributed by atoms with Gasteiger partial charge in [0.05, 0.1) is 0 Å². The van der Waals surface area contributed by atoms with Crippen LogP contribution in [-0.2, 0) is 9.47 Å². The zero-order chi connectivity index (χ0) is 17.1. The van der Waals surface area contributed by atoms with Crippen LogP contribution in [0.15, 0.2) is 18.3 Å². The number of aromatic nitrogens is 1. The van der Waals surface area contributed by atoms with Crippen molar-refractivity contribution in [1.29, 1.82) is 0 Å². The van der Waals surface area contributed by atoms with E-state index >= 15 is 0 Å². The average molecular weight is 315 g/mol. The summed E-state index contributed by atoms with van der Waals surface area (Å²) in [6.45, 7) is 0. The van der Waals surface area contributed by atoms with Gasteiger partial charge in [-0.25, -0.2) is 19.5 Å². The summed E-state index contributed by atoms with van der Waals surface area (Å²) >= 11 is 0. The lowest BCUT2D eigenvalue weighted by atomic mass is 10.4. The van der Waals surface area contributed by atoms with Crippen molar-refractivity contribution in [1.82, 2.24) is 20.5 Å². The van der Waals surface area contributed by atoms with Crippen molar-refractivity contribution in [2.45, 2.75) is 6.41 Å². The molecule has 22 heavy (non-hydrogen) atoms. The van der Waals surface area contributed by atoms with Gasteiger partial charge in [-0.15, -0.1) is 0 Å². The predicted octanol–water partition coefficient (Wildman–Crippen LogP) is -0.0870. The van der Waals surface area contributed by atoms with Crippen molar-refractivity contribution in [3.05, 3.63) is 18.3 Å². The third-order valence-corrected chi connectivity index (χ3v) is 2.06. The molecule has 2 amide bonds. The molecule has 10 heteroatoms. The number of nitrogens with two attached hydrogens (primary N) is 1. The van der Waals surface area contributed by atoms with Crippen molar-refractivity contribution in [3.63, 3.8) is 0 Å². The van der Waals surface area contributed by atoms with Crippen molar-refractivity contribution in [2.75, 3.05) is 33.9 Å². The predicted molar refractivity (Wildman–Crippen MR) is 78.9 cm³/mol. The van der Waals surface area contributed by atoms with Gasteiger partial charge in [-0.1, -0.05) is 0 Å². The number of carbonyl (C=O) groups excluding carboxylic acids is 2. The van der Waals surface area contributed by atoms with Crippen molar-refractivity contribution in [2.24, 2.45) is 0 Å². The summed E-state index contributed by atoms with van der Waals surface area (Å²) in [5.41, 5.74) is 5.16. The second kappa shape index (κ2) is 10.0. The number of carbonyl (C=O) groups is 2. The number of hydrogen-bond acceptors (Lipinski definition) is 8. The van der Waals surface area contributed by atoms with Gasteiger partial charge >= 0.3 is 18.6 Å². The molecule has 1 rings (SSSR count). The van der Waals surface area contributed by atoms with Crippen LogP contribution in [0.1, 0.15) is 0 Å². The highest BCUT2D eigenvalue weighted by Crippen LogP contribution is 2.12. The van der Waals surface area contributed by atoms with Crippen LogP contribution >= 0.6 is 0 Å². The van der Waals surface area contributed by atoms with Gasteiger partial charge in [-0.3, -0.25) is 0 Å². The number of nitrogens with one attached hydrogen (secondary N) is 2. The minimum atomic E-state index is -1.05. The summed E-state index contributed by atoms with van der Waals surface area (Å²) in [7, 11) is 6.04. The van der Waals surface area contributed by atoms with E-state index < -0.39 is 18.6 Å². The van der Waals surface area contributed by atoms with Crippen LogP contribution in [0.5, 0.6) is 5.75 Å². The lowest BCUT2D eigenvalue weighted by molar-refractivity contribution is -0.139. The molecule has 0 radical (unpaired) electrons. The Morgan fingerprint density at radius 3 is 2.05 bits per heavy atom. The Labute approximate surface area is 128 Å². The summed E-state index contributed by atoms with van der Waals surface area (Å²) in [6, 6.07) is 3.11. The van der Waals surface area contributed by atoms with Gasteiger partial charge in [0.2, 0.25) is 0 Å². The van der Waals surface area contributed by atoms with E-state index in [9.17, 15) is 9.59 Å². The maximum atomic E-state index is 10.8. The number of aromatic hydroxyl groups is 1. The number of alkyl carbamates (subject to hydrolysis) is 2. The van der Waals surface area contributed by atoms with E-state index in [1.807, 2.05) is 0 Å². The number of pyridine rings is 1. The van der Waals surface area contributed by atoms with E-state index in [0.29, 0.717) is 0 Å². The molecule has 10 nitrogen and oxygen atoms in total. The first-order valence-corrected chi connectivity index (χ1v) is 6.14. The number of amides is 2. The highest BCUT2D eigenvalue weighted by Gasteiger charge is 2.19. The van der Waals surface area contributed by atoms with Crippen LogP contribution in [0.25, 0.3) is 0 Å². The fourth-order valence-electron chi connectivity index (χ4n) is 0.945. The van der Waals surface area contributed by atoms with Gasteiger partial charge < -0.3 is 30.9 Å². The van der Waals surface area contributed by atoms with E-state index in [0.717, 1.165) is 0 Å². The molecule has 0 aliphatic rings. The Kier molecular flexibility index (Phi) is 8.79. The normalized spacial score (nSPS) is 9.55. The molecule has 0 saturated carbocycles. The highest BCUT2D eigenvalue weighted by atomic mass is 16.7. The number of rotatable bonds is 3. The SMILES string of the molecule is CNC(=O)OC(OC(=O)NC)N(C)C.Nc1ncccc1O. The summed E-state index contributed by atoms with van der Waals surface area (Å²) in [5, 5.41) is 13.2. The first-order valence-electron chi connectivity index (χ1n) is 6.14. The summed E-state index contributed by atoms with van der Waals surface area (Å²) in [5.74, 6) is 0.208. The highest BCUT2D eigenvalue weighted by molar-refractivity contribution is 5.68. The largest absolute Gasteiger partial charge is 0.504 e. The Bertz CT molecular complexity index is 444. The molecule has 0 aromatic carbocycles. The summed E-state index contributed by atoms with van der Waals surface area (Å²) in [6.07, 6.45) is -0.871. The second-order valence-corrected chi connectivity index (χ2v) is 3.99. The van der Waals surface area contributed by atoms with Crippen LogP contribution in [0.4, 0.5) is 15.4 Å². The molecule has 5 N–H and O–H groups in total. The molecule has 124 valence electrons. The first kappa shape index (κ1) is 19.2. The van der Waals surface area contributed by atoms with Gasteiger partial charge in [0.25, 0.3) is 0 Å². The molecule has 0 bridgehead atoms. The molecule has 1 aromatic rings. The fourth-order valence-corrected chi connectivity index (χ4v) is 0.945. The van der Waals surface area contributed by atoms with Crippen LogP contribution in [0, 0.1) is 0 Å². The summed E-state index contributed by atoms with van der Waals surface area (Å²) < 4.78 is 9.45. The number of nitrogen functional groups attached to an aromatic ring is 1. The van der Waals surface area contributed by atoms with Gasteiger partial charge in [-0.2, -0.15) is 0 Å². The fraction of sp³-hybridized carbons (Fsp3) is 0.417. The second-order valence-electron chi connectivity index (χ2n) is 3.99. The first-order chi connectivity index (χ1) is 10.3. The lowest BCUT2D eigenvalue weighted by Crippen LogP contribution is -2.41. The summed E-state index contributed by atoms with van der Waals surface area (Å²) in [4.78, 5) is 26.7. The topological polar surface area (TPSA) is 139 Å². The van der Waals surface area contributed by atoms with E-state index in [4.69, 9.17) is 20.3 Å². The van der Waals surface area contributed by atoms with Crippen LogP contribution in [-0.4, -0.2) is 61.8 Å². The standard InChI is InChI=1S/C7H15N3O4.C5H6N2O/c1-8-5(11)13-7(10(3)4)14-6(12)9-2;6-5-4(8)2-1-3-7-5/h7H,1-4H3,(H,8,11)(H,9,12);1-3,8H,(H2,6,7). The van der Waals surface area contributed by atoms with Crippen LogP contribution < -0.4 is 16.4 Å². The molecule has 0 fully saturated rings. The molecule has 0 spiro atoms. The smallest absolute Gasteiger partial charge is 0.411 e. The Hall–Kier alpha value is -2.75. The maximum Gasteiger partial charge on any atom is 0.411 e. The number of hydrogen-bond donors (Lipinski definition) is 4. The zero-order valence-corrected chi connectivity index (χ0v) is 12.9. The Morgan fingerprint density at radius 2 is 1.77 bits per heavy atom. The van der Waals surface area contributed by atoms with Crippen molar-refractivity contribution >= 4 is 18.0 Å². The Balaban J connectivity index is 0.000000461. The number of nitrogens with zero attached hydrogens (tertiary/aromatic N) is 2. The minimum Gasteiger partial charge on any atom is -0.504 e. The molecular formula is C12H21N5O5. The molecular weight excluding hydrogens is 294 g/mol. The van der Waals surface area contributed by atoms with Gasteiger partial charge in [0, 0.05) is 20.3 Å². The molecule has 0 atom stereocenters. The van der Waals surface area contributed by atoms with E-state index in [2.05, 4.69) is 15.6 Å². The van der Waals surface area contributed by atoms with Crippen LogP contribution in [0.3, 0.4) is 0 Å². The quantitative estimate of drug-likeness (QED) is 0.568. The number of ether oxygens (including phenoxy) is 2. The van der Waals surface area contributed by atoms with E-state index in [1.54, 1.807) is 20.2 Å². The van der Waals surface area contributed by atoms with Crippen molar-refractivity contribution in [3.8, 4) is 5.75 Å². The van der Waals surface area contributed by atoms with Crippen LogP contribution in [0.2, 0.25) is 0 Å². The molecule has 0 saturated heterocycles. The van der Waals surface area contributed by atoms with Gasteiger partial charge in [-0.05, 0) is 26.2 Å². The maximum absolute atomic E-state index is 10.8. The van der Waals surface area contributed by atoms with Crippen molar-refractivity contribution < 1.29 is 24.2 Å².